The fraction of sp³-hybridized carbons (Fsp3) is 0.250. The number of hydrogen-bond acceptors (Lipinski definition) is 2. The molecule has 0 fully saturated rings. The van der Waals surface area contributed by atoms with Crippen LogP contribution < -0.4 is 5.43 Å². The molecule has 1 aromatic heterocycles. The Morgan fingerprint density at radius 2 is 1.95 bits per heavy atom. The van der Waals surface area contributed by atoms with E-state index >= 15 is 0 Å². The van der Waals surface area contributed by atoms with E-state index < -0.39 is 0 Å². The highest BCUT2D eigenvalue weighted by Crippen LogP contribution is 2.10. The molecule has 2 rings (SSSR count). The van der Waals surface area contributed by atoms with Gasteiger partial charge < -0.3 is 4.98 Å². The molecule has 1 heterocycles. The molecule has 0 saturated heterocycles. The Kier molecular flexibility index (Phi) is 4.71. The van der Waals surface area contributed by atoms with E-state index in [1.807, 2.05) is 30.3 Å². The van der Waals surface area contributed by atoms with E-state index in [0.29, 0.717) is 11.6 Å². The summed E-state index contributed by atoms with van der Waals surface area (Å²) in [5.74, 6) is 0.239. The van der Waals surface area contributed by atoms with Crippen molar-refractivity contribution < 1.29 is 4.79 Å². The molecular formula is C16H19N3O. The maximum absolute atomic E-state index is 11.9. The molecule has 0 saturated carbocycles. The van der Waals surface area contributed by atoms with E-state index in [4.69, 9.17) is 0 Å². The monoisotopic (exact) mass is 269 g/mol. The second kappa shape index (κ2) is 6.70. The summed E-state index contributed by atoms with van der Waals surface area (Å²) in [6.07, 6.45) is 2.53. The number of carbonyl (C=O) groups excluding carboxylic acids is 1. The minimum atomic E-state index is -0.229. The molecule has 20 heavy (non-hydrogen) atoms. The summed E-state index contributed by atoms with van der Waals surface area (Å²) in [5, 5.41) is 4.29. The quantitative estimate of drug-likeness (QED) is 0.635. The SMILES string of the molecule is CC(C)C/C(=N/NC(=O)c1ccc[nH]1)c1ccccc1. The average Bonchev–Trinajstić information content (AvgIpc) is 2.98. The van der Waals surface area contributed by atoms with E-state index in [0.717, 1.165) is 17.7 Å². The first kappa shape index (κ1) is 14.1. The molecule has 104 valence electrons. The molecule has 1 amide bonds. The van der Waals surface area contributed by atoms with Crippen molar-refractivity contribution in [2.45, 2.75) is 20.3 Å². The van der Waals surface area contributed by atoms with Crippen LogP contribution in [0.1, 0.15) is 36.3 Å². The minimum absolute atomic E-state index is 0.229. The third-order valence-electron chi connectivity index (χ3n) is 2.84. The van der Waals surface area contributed by atoms with E-state index in [1.165, 1.54) is 0 Å². The molecule has 2 N–H and O–H groups in total. The topological polar surface area (TPSA) is 57.2 Å². The minimum Gasteiger partial charge on any atom is -0.357 e. The number of nitrogens with zero attached hydrogens (tertiary/aromatic N) is 1. The molecule has 0 bridgehead atoms. The van der Waals surface area contributed by atoms with Crippen LogP contribution in [0.3, 0.4) is 0 Å². The number of H-pyrrole nitrogens is 1. The van der Waals surface area contributed by atoms with Gasteiger partial charge in [-0.25, -0.2) is 5.43 Å². The Morgan fingerprint density at radius 3 is 2.55 bits per heavy atom. The Hall–Kier alpha value is -2.36. The molecule has 0 aliphatic carbocycles. The largest absolute Gasteiger partial charge is 0.357 e. The molecule has 0 aliphatic heterocycles. The second-order valence-electron chi connectivity index (χ2n) is 5.05. The average molecular weight is 269 g/mol. The van der Waals surface area contributed by atoms with E-state index in [1.54, 1.807) is 18.3 Å². The van der Waals surface area contributed by atoms with Gasteiger partial charge in [0.15, 0.2) is 0 Å². The molecule has 0 aliphatic rings. The smallest absolute Gasteiger partial charge is 0.287 e. The lowest BCUT2D eigenvalue weighted by molar-refractivity contribution is 0.0950. The van der Waals surface area contributed by atoms with Crippen LogP contribution in [-0.4, -0.2) is 16.6 Å². The molecule has 0 spiro atoms. The maximum atomic E-state index is 11.9. The number of aromatic nitrogens is 1. The first-order chi connectivity index (χ1) is 9.66. The molecule has 0 unspecified atom stereocenters. The summed E-state index contributed by atoms with van der Waals surface area (Å²) in [6, 6.07) is 13.4. The van der Waals surface area contributed by atoms with Gasteiger partial charge in [0.25, 0.3) is 5.91 Å². The van der Waals surface area contributed by atoms with Crippen molar-refractivity contribution in [2.75, 3.05) is 0 Å². The first-order valence-electron chi connectivity index (χ1n) is 6.72. The van der Waals surface area contributed by atoms with Crippen LogP contribution in [0.15, 0.2) is 53.8 Å². The fourth-order valence-electron chi connectivity index (χ4n) is 1.90. The van der Waals surface area contributed by atoms with Crippen molar-refractivity contribution in [3.63, 3.8) is 0 Å². The Morgan fingerprint density at radius 1 is 1.20 bits per heavy atom. The highest BCUT2D eigenvalue weighted by atomic mass is 16.2. The third-order valence-corrected chi connectivity index (χ3v) is 2.84. The van der Waals surface area contributed by atoms with Crippen LogP contribution >= 0.6 is 0 Å². The highest BCUT2D eigenvalue weighted by Gasteiger charge is 2.09. The van der Waals surface area contributed by atoms with Crippen molar-refractivity contribution in [3.05, 3.63) is 59.9 Å². The third kappa shape index (κ3) is 3.82. The zero-order valence-corrected chi connectivity index (χ0v) is 11.8. The zero-order valence-electron chi connectivity index (χ0n) is 11.8. The predicted octanol–water partition coefficient (Wildman–Crippen LogP) is 3.19. The van der Waals surface area contributed by atoms with Gasteiger partial charge in [0, 0.05) is 6.20 Å². The van der Waals surface area contributed by atoms with Gasteiger partial charge in [-0.15, -0.1) is 0 Å². The van der Waals surface area contributed by atoms with Gasteiger partial charge in [-0.3, -0.25) is 4.79 Å². The molecule has 1 aromatic carbocycles. The highest BCUT2D eigenvalue weighted by molar-refractivity contribution is 6.02. The maximum Gasteiger partial charge on any atom is 0.287 e. The van der Waals surface area contributed by atoms with Crippen molar-refractivity contribution in [1.82, 2.24) is 10.4 Å². The molecule has 0 atom stereocenters. The van der Waals surface area contributed by atoms with Crippen LogP contribution in [-0.2, 0) is 0 Å². The molecule has 4 heteroatoms. The number of aromatic amines is 1. The number of carbonyl (C=O) groups is 1. The number of nitrogens with one attached hydrogen (secondary N) is 2. The van der Waals surface area contributed by atoms with Crippen molar-refractivity contribution >= 4 is 11.6 Å². The van der Waals surface area contributed by atoms with Gasteiger partial charge in [-0.1, -0.05) is 44.2 Å². The van der Waals surface area contributed by atoms with Gasteiger partial charge in [0.1, 0.15) is 5.69 Å². The molecule has 4 nitrogen and oxygen atoms in total. The van der Waals surface area contributed by atoms with Gasteiger partial charge in [0.05, 0.1) is 5.71 Å². The Labute approximate surface area is 118 Å². The fourth-order valence-corrected chi connectivity index (χ4v) is 1.90. The molecule has 0 radical (unpaired) electrons. The van der Waals surface area contributed by atoms with Gasteiger partial charge in [0.2, 0.25) is 0 Å². The first-order valence-corrected chi connectivity index (χ1v) is 6.72. The van der Waals surface area contributed by atoms with Gasteiger partial charge >= 0.3 is 0 Å². The lowest BCUT2D eigenvalue weighted by Crippen LogP contribution is -2.21. The standard InChI is InChI=1S/C16H19N3O/c1-12(2)11-15(13-7-4-3-5-8-13)18-19-16(20)14-9-6-10-17-14/h3-10,12,17H,11H2,1-2H3,(H,19,20)/b18-15-. The summed E-state index contributed by atoms with van der Waals surface area (Å²) in [5.41, 5.74) is 5.04. The van der Waals surface area contributed by atoms with E-state index in [2.05, 4.69) is 29.4 Å². The van der Waals surface area contributed by atoms with Crippen LogP contribution in [0, 0.1) is 5.92 Å². The van der Waals surface area contributed by atoms with Crippen molar-refractivity contribution in [1.29, 1.82) is 0 Å². The van der Waals surface area contributed by atoms with E-state index in [-0.39, 0.29) is 5.91 Å². The van der Waals surface area contributed by atoms with E-state index in [9.17, 15) is 4.79 Å². The summed E-state index contributed by atoms with van der Waals surface area (Å²) in [6.45, 7) is 4.26. The van der Waals surface area contributed by atoms with Crippen LogP contribution in [0.4, 0.5) is 0 Å². The van der Waals surface area contributed by atoms with Crippen molar-refractivity contribution in [2.24, 2.45) is 11.0 Å². The summed E-state index contributed by atoms with van der Waals surface area (Å²) in [7, 11) is 0. The Balaban J connectivity index is 2.14. The number of benzene rings is 1. The van der Waals surface area contributed by atoms with Crippen LogP contribution in [0.2, 0.25) is 0 Å². The normalized spacial score (nSPS) is 11.7. The summed E-state index contributed by atoms with van der Waals surface area (Å²) < 4.78 is 0. The lowest BCUT2D eigenvalue weighted by atomic mass is 10.0. The van der Waals surface area contributed by atoms with Crippen LogP contribution in [0.25, 0.3) is 0 Å². The summed E-state index contributed by atoms with van der Waals surface area (Å²) >= 11 is 0. The zero-order chi connectivity index (χ0) is 14.4. The number of rotatable bonds is 5. The second-order valence-corrected chi connectivity index (χ2v) is 5.05. The van der Waals surface area contributed by atoms with Gasteiger partial charge in [-0.05, 0) is 30.0 Å². The number of hydrogen-bond donors (Lipinski definition) is 2. The van der Waals surface area contributed by atoms with Gasteiger partial charge in [-0.2, -0.15) is 5.10 Å². The van der Waals surface area contributed by atoms with Crippen LogP contribution in [0.5, 0.6) is 0 Å². The molecule has 2 aromatic rings. The predicted molar refractivity (Wildman–Crippen MR) is 80.7 cm³/mol. The van der Waals surface area contributed by atoms with Crippen molar-refractivity contribution in [3.8, 4) is 0 Å². The number of hydrazone groups is 1. The Bertz CT molecular complexity index is 571. The number of amides is 1. The summed E-state index contributed by atoms with van der Waals surface area (Å²) in [4.78, 5) is 14.7. The lowest BCUT2D eigenvalue weighted by Gasteiger charge is -2.09. The molecular weight excluding hydrogens is 250 g/mol.